The Balaban J connectivity index is 1.76. The first kappa shape index (κ1) is 14.5. The molecule has 21 heavy (non-hydrogen) atoms. The minimum atomic E-state index is -0.457. The highest BCUT2D eigenvalue weighted by Crippen LogP contribution is 2.41. The molecule has 0 N–H and O–H groups in total. The minimum Gasteiger partial charge on any atom is -0.460 e. The summed E-state index contributed by atoms with van der Waals surface area (Å²) < 4.78 is 5.38. The third-order valence-electron chi connectivity index (χ3n) is 5.02. The second-order valence-electron chi connectivity index (χ2n) is 6.82. The van der Waals surface area contributed by atoms with E-state index in [9.17, 15) is 4.79 Å². The van der Waals surface area contributed by atoms with Crippen molar-refractivity contribution in [3.8, 4) is 0 Å². The molecule has 4 nitrogen and oxygen atoms in total. The summed E-state index contributed by atoms with van der Waals surface area (Å²) in [5, 5.41) is 0. The lowest BCUT2D eigenvalue weighted by atomic mass is 9.75. The topological polar surface area (TPSA) is 32.8 Å². The van der Waals surface area contributed by atoms with E-state index in [4.69, 9.17) is 4.74 Å². The van der Waals surface area contributed by atoms with Gasteiger partial charge in [0.05, 0.1) is 6.04 Å². The molecule has 3 atom stereocenters. The van der Waals surface area contributed by atoms with E-state index < -0.39 is 5.60 Å². The van der Waals surface area contributed by atoms with E-state index in [0.29, 0.717) is 18.6 Å². The largest absolute Gasteiger partial charge is 0.460 e. The van der Waals surface area contributed by atoms with Gasteiger partial charge in [0, 0.05) is 25.2 Å². The van der Waals surface area contributed by atoms with Crippen LogP contribution in [0.4, 0.5) is 0 Å². The van der Waals surface area contributed by atoms with Gasteiger partial charge in [0.15, 0.2) is 0 Å². The van der Waals surface area contributed by atoms with Crippen molar-refractivity contribution in [3.05, 3.63) is 35.9 Å². The van der Waals surface area contributed by atoms with Gasteiger partial charge >= 0.3 is 0 Å². The van der Waals surface area contributed by atoms with E-state index in [1.807, 2.05) is 13.8 Å². The standard InChI is InChI=1S/C17H24N2O2/c1-17(2,21-12-20)16-15-9-14(11-18(16)3)19(15)10-13-7-5-4-6-8-13/h4-8,12,14-16H,9-11H2,1-3H3. The molecule has 1 aromatic rings. The van der Waals surface area contributed by atoms with Crippen LogP contribution in [0.25, 0.3) is 0 Å². The van der Waals surface area contributed by atoms with Gasteiger partial charge in [0.2, 0.25) is 0 Å². The number of benzene rings is 1. The molecule has 4 heteroatoms. The Morgan fingerprint density at radius 1 is 1.33 bits per heavy atom. The summed E-state index contributed by atoms with van der Waals surface area (Å²) in [5.74, 6) is 0. The van der Waals surface area contributed by atoms with Gasteiger partial charge < -0.3 is 4.74 Å². The molecule has 0 aliphatic carbocycles. The van der Waals surface area contributed by atoms with Crippen LogP contribution < -0.4 is 0 Å². The summed E-state index contributed by atoms with van der Waals surface area (Å²) in [5.41, 5.74) is 0.895. The van der Waals surface area contributed by atoms with E-state index in [1.54, 1.807) is 0 Å². The predicted octanol–water partition coefficient (Wildman–Crippen LogP) is 1.90. The maximum Gasteiger partial charge on any atom is 0.293 e. The van der Waals surface area contributed by atoms with Crippen molar-refractivity contribution in [2.75, 3.05) is 13.6 Å². The molecule has 3 saturated heterocycles. The number of fused-ring (bicyclic) bond motifs is 2. The zero-order chi connectivity index (χ0) is 15.0. The molecule has 0 radical (unpaired) electrons. The van der Waals surface area contributed by atoms with Crippen LogP contribution >= 0.6 is 0 Å². The molecule has 114 valence electrons. The number of piperidine rings is 1. The van der Waals surface area contributed by atoms with Gasteiger partial charge in [-0.25, -0.2) is 0 Å². The van der Waals surface area contributed by atoms with Gasteiger partial charge in [-0.05, 0) is 32.9 Å². The SMILES string of the molecule is CN1CC2CC(C1C(C)(C)OC=O)N2Cc1ccccc1. The lowest BCUT2D eigenvalue weighted by Crippen LogP contribution is -2.76. The van der Waals surface area contributed by atoms with Crippen molar-refractivity contribution in [3.63, 3.8) is 0 Å². The van der Waals surface area contributed by atoms with E-state index in [1.165, 1.54) is 12.0 Å². The molecule has 0 saturated carbocycles. The number of hydrogen-bond acceptors (Lipinski definition) is 4. The fraction of sp³-hybridized carbons (Fsp3) is 0.588. The number of hydrogen-bond donors (Lipinski definition) is 0. The monoisotopic (exact) mass is 288 g/mol. The molecule has 1 aromatic carbocycles. The normalized spacial score (nSPS) is 29.8. The Bertz CT molecular complexity index is 503. The lowest BCUT2D eigenvalue weighted by Gasteiger charge is -2.62. The predicted molar refractivity (Wildman–Crippen MR) is 81.8 cm³/mol. The molecular weight excluding hydrogens is 264 g/mol. The van der Waals surface area contributed by atoms with Crippen LogP contribution in [0.1, 0.15) is 25.8 Å². The molecule has 4 rings (SSSR count). The van der Waals surface area contributed by atoms with Crippen LogP contribution in [0, 0.1) is 0 Å². The molecule has 3 unspecified atom stereocenters. The molecule has 0 aromatic heterocycles. The first-order valence-electron chi connectivity index (χ1n) is 7.64. The minimum absolute atomic E-state index is 0.247. The van der Waals surface area contributed by atoms with Crippen molar-refractivity contribution in [2.45, 2.75) is 50.5 Å². The average Bonchev–Trinajstić information content (AvgIpc) is 2.45. The van der Waals surface area contributed by atoms with Crippen LogP contribution in [0.15, 0.2) is 30.3 Å². The highest BCUT2D eigenvalue weighted by molar-refractivity contribution is 5.38. The second-order valence-corrected chi connectivity index (χ2v) is 6.82. The molecule has 0 amide bonds. The van der Waals surface area contributed by atoms with Crippen molar-refractivity contribution < 1.29 is 9.53 Å². The van der Waals surface area contributed by atoms with Crippen LogP contribution in [-0.2, 0) is 16.1 Å². The molecular formula is C17H24N2O2. The first-order chi connectivity index (χ1) is 10.0. The second kappa shape index (κ2) is 5.43. The van der Waals surface area contributed by atoms with Gasteiger partial charge in [-0.3, -0.25) is 14.6 Å². The van der Waals surface area contributed by atoms with Gasteiger partial charge in [0.1, 0.15) is 5.60 Å². The highest BCUT2D eigenvalue weighted by Gasteiger charge is 2.54. The zero-order valence-electron chi connectivity index (χ0n) is 13.0. The summed E-state index contributed by atoms with van der Waals surface area (Å²) in [6.07, 6.45) is 1.20. The Kier molecular flexibility index (Phi) is 3.76. The van der Waals surface area contributed by atoms with Crippen molar-refractivity contribution in [1.82, 2.24) is 9.80 Å². The molecule has 3 aliphatic rings. The Hall–Kier alpha value is -1.39. The lowest BCUT2D eigenvalue weighted by molar-refractivity contribution is -0.178. The van der Waals surface area contributed by atoms with E-state index in [0.717, 1.165) is 13.1 Å². The summed E-state index contributed by atoms with van der Waals surface area (Å²) in [7, 11) is 2.14. The number of nitrogens with zero attached hydrogens (tertiary/aromatic N) is 2. The summed E-state index contributed by atoms with van der Waals surface area (Å²) in [4.78, 5) is 15.7. The van der Waals surface area contributed by atoms with Gasteiger partial charge in [-0.1, -0.05) is 30.3 Å². The number of likely N-dealkylation sites (N-methyl/N-ethyl adjacent to an activating group) is 1. The van der Waals surface area contributed by atoms with Crippen molar-refractivity contribution >= 4 is 6.47 Å². The van der Waals surface area contributed by atoms with Crippen molar-refractivity contribution in [2.24, 2.45) is 0 Å². The van der Waals surface area contributed by atoms with E-state index in [-0.39, 0.29) is 6.04 Å². The molecule has 3 aliphatic heterocycles. The van der Waals surface area contributed by atoms with Crippen LogP contribution in [0.2, 0.25) is 0 Å². The van der Waals surface area contributed by atoms with Crippen molar-refractivity contribution in [1.29, 1.82) is 0 Å². The maximum absolute atomic E-state index is 10.8. The van der Waals surface area contributed by atoms with Gasteiger partial charge in [0.25, 0.3) is 6.47 Å². The number of carbonyl (C=O) groups is 1. The van der Waals surface area contributed by atoms with Gasteiger partial charge in [-0.2, -0.15) is 0 Å². The van der Waals surface area contributed by atoms with Crippen LogP contribution in [-0.4, -0.2) is 53.6 Å². The summed E-state index contributed by atoms with van der Waals surface area (Å²) >= 11 is 0. The molecule has 0 spiro atoms. The Labute approximate surface area is 126 Å². The molecule has 3 heterocycles. The first-order valence-corrected chi connectivity index (χ1v) is 7.64. The van der Waals surface area contributed by atoms with Crippen LogP contribution in [0.3, 0.4) is 0 Å². The molecule has 3 fully saturated rings. The number of rotatable bonds is 5. The summed E-state index contributed by atoms with van der Waals surface area (Å²) in [6.45, 7) is 6.64. The Morgan fingerprint density at radius 3 is 2.71 bits per heavy atom. The quantitative estimate of drug-likeness (QED) is 0.775. The smallest absolute Gasteiger partial charge is 0.293 e. The number of ether oxygens (including phenoxy) is 1. The molecule has 2 bridgehead atoms. The Morgan fingerprint density at radius 2 is 2.05 bits per heavy atom. The maximum atomic E-state index is 10.8. The highest BCUT2D eigenvalue weighted by atomic mass is 16.5. The van der Waals surface area contributed by atoms with E-state index in [2.05, 4.69) is 47.2 Å². The van der Waals surface area contributed by atoms with E-state index >= 15 is 0 Å². The third-order valence-corrected chi connectivity index (χ3v) is 5.02. The van der Waals surface area contributed by atoms with Gasteiger partial charge in [-0.15, -0.1) is 0 Å². The number of carbonyl (C=O) groups excluding carboxylic acids is 1. The van der Waals surface area contributed by atoms with Crippen LogP contribution in [0.5, 0.6) is 0 Å². The number of piperazine rings is 1. The fourth-order valence-corrected chi connectivity index (χ4v) is 4.14. The zero-order valence-corrected chi connectivity index (χ0v) is 13.0. The third kappa shape index (κ3) is 2.58. The summed E-state index contributed by atoms with van der Waals surface area (Å²) in [6, 6.07) is 11.9. The average molecular weight is 288 g/mol. The fourth-order valence-electron chi connectivity index (χ4n) is 4.14.